The van der Waals surface area contributed by atoms with Gasteiger partial charge in [-0.2, -0.15) is 0 Å². The van der Waals surface area contributed by atoms with Gasteiger partial charge in [-0.15, -0.1) is 11.3 Å². The number of para-hydroxylation sites is 1. The van der Waals surface area contributed by atoms with Crippen LogP contribution in [0.4, 0.5) is 5.13 Å². The Kier molecular flexibility index (Phi) is 5.10. The molecule has 2 aromatic heterocycles. The first-order valence-corrected chi connectivity index (χ1v) is 13.3. The number of aromatic hydroxyl groups is 1. The standard InChI is InChI=1S/C27H31N3O3S/c1-15(2)13-30-20-6-4-3-5-19(20)23(31)22(25(30)33)24(32)29-26-28-21(14-34-26)27-10-16-7-17(11-27)9-18(8-16)12-27/h3-6,14-18,31H,7-13H2,1-2H3,(H,28,29,32). The van der Waals surface area contributed by atoms with Crippen molar-refractivity contribution >= 4 is 33.3 Å². The van der Waals surface area contributed by atoms with Crippen molar-refractivity contribution in [3.8, 4) is 5.75 Å². The number of fused-ring (bicyclic) bond motifs is 1. The molecule has 0 aliphatic heterocycles. The first-order valence-electron chi connectivity index (χ1n) is 12.4. The van der Waals surface area contributed by atoms with Crippen LogP contribution in [0.25, 0.3) is 10.9 Å². The summed E-state index contributed by atoms with van der Waals surface area (Å²) in [6.07, 6.45) is 7.75. The van der Waals surface area contributed by atoms with E-state index in [4.69, 9.17) is 4.98 Å². The van der Waals surface area contributed by atoms with Crippen LogP contribution in [0.2, 0.25) is 0 Å². The molecule has 1 amide bonds. The molecule has 2 N–H and O–H groups in total. The van der Waals surface area contributed by atoms with Crippen LogP contribution < -0.4 is 10.9 Å². The lowest BCUT2D eigenvalue weighted by molar-refractivity contribution is -0.00688. The molecule has 178 valence electrons. The van der Waals surface area contributed by atoms with E-state index in [0.29, 0.717) is 22.6 Å². The molecule has 4 saturated carbocycles. The van der Waals surface area contributed by atoms with Gasteiger partial charge in [0.25, 0.3) is 11.5 Å². The van der Waals surface area contributed by atoms with Crippen molar-refractivity contribution in [3.63, 3.8) is 0 Å². The van der Waals surface area contributed by atoms with Crippen LogP contribution >= 0.6 is 11.3 Å². The zero-order chi connectivity index (χ0) is 23.6. The molecule has 0 unspecified atom stereocenters. The predicted octanol–water partition coefficient (Wildman–Crippen LogP) is 5.54. The molecule has 0 atom stereocenters. The third kappa shape index (κ3) is 3.47. The number of pyridine rings is 1. The number of aromatic nitrogens is 2. The lowest BCUT2D eigenvalue weighted by Gasteiger charge is -2.56. The molecule has 0 radical (unpaired) electrons. The molecule has 34 heavy (non-hydrogen) atoms. The molecule has 4 aliphatic rings. The van der Waals surface area contributed by atoms with Gasteiger partial charge in [0.1, 0.15) is 11.3 Å². The average molecular weight is 478 g/mol. The molecule has 4 fully saturated rings. The zero-order valence-electron chi connectivity index (χ0n) is 19.7. The molecule has 7 heteroatoms. The van der Waals surface area contributed by atoms with E-state index in [9.17, 15) is 14.7 Å². The summed E-state index contributed by atoms with van der Waals surface area (Å²) in [4.78, 5) is 31.5. The summed E-state index contributed by atoms with van der Waals surface area (Å²) < 4.78 is 1.59. The number of hydrogen-bond acceptors (Lipinski definition) is 5. The van der Waals surface area contributed by atoms with E-state index < -0.39 is 11.5 Å². The maximum Gasteiger partial charge on any atom is 0.267 e. The number of hydrogen-bond donors (Lipinski definition) is 2. The Morgan fingerprint density at radius 3 is 2.47 bits per heavy atom. The van der Waals surface area contributed by atoms with Crippen molar-refractivity contribution in [1.29, 1.82) is 0 Å². The first-order chi connectivity index (χ1) is 16.3. The molecule has 4 aliphatic carbocycles. The van der Waals surface area contributed by atoms with Gasteiger partial charge >= 0.3 is 0 Å². The minimum atomic E-state index is -0.600. The third-order valence-electron chi connectivity index (χ3n) is 8.23. The van der Waals surface area contributed by atoms with E-state index in [1.54, 1.807) is 22.8 Å². The summed E-state index contributed by atoms with van der Waals surface area (Å²) >= 11 is 1.42. The van der Waals surface area contributed by atoms with Gasteiger partial charge in [-0.05, 0) is 74.3 Å². The van der Waals surface area contributed by atoms with Gasteiger partial charge in [0.05, 0.1) is 11.2 Å². The molecule has 4 bridgehead atoms. The second kappa shape index (κ2) is 7.94. The second-order valence-corrected chi connectivity index (χ2v) is 12.1. The van der Waals surface area contributed by atoms with Gasteiger partial charge in [0, 0.05) is 22.7 Å². The molecule has 0 saturated heterocycles. The normalized spacial score (nSPS) is 27.6. The van der Waals surface area contributed by atoms with Gasteiger partial charge in [0.2, 0.25) is 0 Å². The fourth-order valence-electron chi connectivity index (χ4n) is 7.30. The van der Waals surface area contributed by atoms with Crippen LogP contribution in [-0.4, -0.2) is 20.6 Å². The topological polar surface area (TPSA) is 84.2 Å². The molecule has 3 aromatic rings. The van der Waals surface area contributed by atoms with Gasteiger partial charge in [-0.3, -0.25) is 14.9 Å². The number of nitrogens with one attached hydrogen (secondary N) is 1. The lowest BCUT2D eigenvalue weighted by atomic mass is 9.49. The summed E-state index contributed by atoms with van der Waals surface area (Å²) in [7, 11) is 0. The quantitative estimate of drug-likeness (QED) is 0.505. The van der Waals surface area contributed by atoms with Crippen LogP contribution in [0.5, 0.6) is 5.75 Å². The minimum Gasteiger partial charge on any atom is -0.506 e. The smallest absolute Gasteiger partial charge is 0.267 e. The first kappa shape index (κ1) is 21.8. The Balaban J connectivity index is 1.32. The van der Waals surface area contributed by atoms with Gasteiger partial charge in [-0.1, -0.05) is 26.0 Å². The summed E-state index contributed by atoms with van der Waals surface area (Å²) in [5.74, 6) is 1.80. The molecular formula is C27H31N3O3S. The summed E-state index contributed by atoms with van der Waals surface area (Å²) in [5.41, 5.74) is 1.20. The van der Waals surface area contributed by atoms with Crippen molar-refractivity contribution in [2.75, 3.05) is 5.32 Å². The highest BCUT2D eigenvalue weighted by atomic mass is 32.1. The van der Waals surface area contributed by atoms with Crippen molar-refractivity contribution in [2.45, 2.75) is 64.3 Å². The van der Waals surface area contributed by atoms with Crippen molar-refractivity contribution in [1.82, 2.24) is 9.55 Å². The Labute approximate surface area is 203 Å². The lowest BCUT2D eigenvalue weighted by Crippen LogP contribution is -2.48. The van der Waals surface area contributed by atoms with Gasteiger partial charge < -0.3 is 9.67 Å². The largest absolute Gasteiger partial charge is 0.506 e. The van der Waals surface area contributed by atoms with E-state index in [-0.39, 0.29) is 22.6 Å². The third-order valence-corrected chi connectivity index (χ3v) is 8.98. The van der Waals surface area contributed by atoms with Gasteiger partial charge in [0.15, 0.2) is 5.13 Å². The van der Waals surface area contributed by atoms with E-state index in [1.807, 2.05) is 19.9 Å². The van der Waals surface area contributed by atoms with Crippen LogP contribution in [-0.2, 0) is 12.0 Å². The van der Waals surface area contributed by atoms with Crippen molar-refractivity contribution in [3.05, 3.63) is 51.3 Å². The Bertz CT molecular complexity index is 1300. The predicted molar refractivity (Wildman–Crippen MR) is 135 cm³/mol. The number of carbonyl (C=O) groups excluding carboxylic acids is 1. The number of nitrogens with zero attached hydrogens (tertiary/aromatic N) is 2. The van der Waals surface area contributed by atoms with Gasteiger partial charge in [-0.25, -0.2) is 4.98 Å². The number of amides is 1. The number of benzene rings is 1. The zero-order valence-corrected chi connectivity index (χ0v) is 20.5. The molecular weight excluding hydrogens is 446 g/mol. The number of rotatable bonds is 5. The van der Waals surface area contributed by atoms with E-state index >= 15 is 0 Å². The van der Waals surface area contributed by atoms with Crippen LogP contribution in [0.1, 0.15) is 68.4 Å². The average Bonchev–Trinajstić information content (AvgIpc) is 3.25. The number of carbonyl (C=O) groups is 1. The summed E-state index contributed by atoms with van der Waals surface area (Å²) in [6, 6.07) is 7.18. The van der Waals surface area contributed by atoms with Crippen molar-refractivity contribution in [2.24, 2.45) is 23.7 Å². The fraction of sp³-hybridized carbons (Fsp3) is 0.519. The second-order valence-electron chi connectivity index (χ2n) is 11.2. The van der Waals surface area contributed by atoms with Crippen LogP contribution in [0, 0.1) is 23.7 Å². The highest BCUT2D eigenvalue weighted by Gasteiger charge is 2.52. The Hall–Kier alpha value is -2.67. The summed E-state index contributed by atoms with van der Waals surface area (Å²) in [5, 5.41) is 16.8. The molecule has 1 aromatic carbocycles. The SMILES string of the molecule is CC(C)Cn1c(=O)c(C(=O)Nc2nc(C34CC5CC(CC(C5)C3)C4)cs2)c(O)c2ccccc21. The molecule has 6 nitrogen and oxygen atoms in total. The molecule has 7 rings (SSSR count). The van der Waals surface area contributed by atoms with Crippen LogP contribution in [0.3, 0.4) is 0 Å². The Morgan fingerprint density at radius 1 is 1.18 bits per heavy atom. The maximum atomic E-state index is 13.3. The molecule has 0 spiro atoms. The van der Waals surface area contributed by atoms with E-state index in [1.165, 1.54) is 49.9 Å². The highest BCUT2D eigenvalue weighted by molar-refractivity contribution is 7.14. The Morgan fingerprint density at radius 2 is 1.82 bits per heavy atom. The van der Waals surface area contributed by atoms with Crippen LogP contribution in [0.15, 0.2) is 34.4 Å². The van der Waals surface area contributed by atoms with Crippen molar-refractivity contribution < 1.29 is 9.90 Å². The monoisotopic (exact) mass is 477 g/mol. The molecule has 2 heterocycles. The fourth-order valence-corrected chi connectivity index (χ4v) is 8.13. The summed E-state index contributed by atoms with van der Waals surface area (Å²) in [6.45, 7) is 4.51. The minimum absolute atomic E-state index is 0.156. The number of thiazole rings is 1. The van der Waals surface area contributed by atoms with E-state index in [0.717, 1.165) is 23.4 Å². The highest BCUT2D eigenvalue weighted by Crippen LogP contribution is 2.60. The number of anilines is 1. The maximum absolute atomic E-state index is 13.3. The van der Waals surface area contributed by atoms with E-state index in [2.05, 4.69) is 10.7 Å².